The van der Waals surface area contributed by atoms with Gasteiger partial charge in [-0.3, -0.25) is 0 Å². The number of rotatable bonds is 6. The van der Waals surface area contributed by atoms with E-state index < -0.39 is 25.3 Å². The van der Waals surface area contributed by atoms with Crippen LogP contribution in [0.1, 0.15) is 17.3 Å². The van der Waals surface area contributed by atoms with E-state index in [2.05, 4.69) is 4.98 Å². The van der Waals surface area contributed by atoms with Crippen molar-refractivity contribution >= 4 is 17.5 Å². The van der Waals surface area contributed by atoms with Gasteiger partial charge in [-0.2, -0.15) is 13.2 Å². The fourth-order valence-electron chi connectivity index (χ4n) is 1.63. The third-order valence-electron chi connectivity index (χ3n) is 2.48. The molecule has 1 aromatic rings. The number of nitrogen functional groups attached to an aromatic ring is 1. The van der Waals surface area contributed by atoms with E-state index in [1.807, 2.05) is 0 Å². The molecule has 0 atom stereocenters. The van der Waals surface area contributed by atoms with Gasteiger partial charge in [-0.15, -0.1) is 0 Å². The number of hydrogen-bond acceptors (Lipinski definition) is 6. The molecule has 0 aliphatic heterocycles. The summed E-state index contributed by atoms with van der Waals surface area (Å²) in [6.07, 6.45) is -3.38. The second-order valence-electron chi connectivity index (χ2n) is 4.11. The lowest BCUT2D eigenvalue weighted by Gasteiger charge is -2.24. The molecule has 0 spiro atoms. The highest BCUT2D eigenvalue weighted by molar-refractivity contribution is 5.95. The van der Waals surface area contributed by atoms with Crippen LogP contribution in [0.15, 0.2) is 12.3 Å². The Morgan fingerprint density at radius 2 is 2.19 bits per heavy atom. The first-order valence-electron chi connectivity index (χ1n) is 6.13. The number of nitrogens with two attached hydrogens (primary N) is 1. The Labute approximate surface area is 119 Å². The van der Waals surface area contributed by atoms with Crippen LogP contribution in [0.25, 0.3) is 0 Å². The van der Waals surface area contributed by atoms with Crippen LogP contribution in [-0.4, -0.2) is 48.5 Å². The molecule has 1 heterocycles. The second kappa shape index (κ2) is 7.11. The smallest absolute Gasteiger partial charge is 0.405 e. The van der Waals surface area contributed by atoms with Crippen LogP contribution in [0.3, 0.4) is 0 Å². The van der Waals surface area contributed by atoms with E-state index in [1.54, 1.807) is 6.92 Å². The van der Waals surface area contributed by atoms with Crippen molar-refractivity contribution in [3.63, 3.8) is 0 Å². The molecule has 3 N–H and O–H groups in total. The van der Waals surface area contributed by atoms with Gasteiger partial charge in [-0.1, -0.05) is 0 Å². The van der Waals surface area contributed by atoms with Gasteiger partial charge in [-0.25, -0.2) is 9.78 Å². The molecule has 0 aliphatic rings. The van der Waals surface area contributed by atoms with Crippen molar-refractivity contribution in [3.05, 3.63) is 17.8 Å². The van der Waals surface area contributed by atoms with Crippen molar-refractivity contribution in [3.8, 4) is 0 Å². The van der Waals surface area contributed by atoms with Crippen LogP contribution in [-0.2, 0) is 4.74 Å². The first-order chi connectivity index (χ1) is 9.78. The van der Waals surface area contributed by atoms with E-state index in [9.17, 15) is 18.0 Å². The SMILES string of the molecule is CCOC(=O)c1cc(N(CCO)CC(F)(F)F)ncc1N. The largest absolute Gasteiger partial charge is 0.462 e. The van der Waals surface area contributed by atoms with Crippen molar-refractivity contribution < 1.29 is 27.8 Å². The van der Waals surface area contributed by atoms with Crippen molar-refractivity contribution in [1.82, 2.24) is 4.98 Å². The van der Waals surface area contributed by atoms with Crippen LogP contribution >= 0.6 is 0 Å². The lowest BCUT2D eigenvalue weighted by molar-refractivity contribution is -0.120. The highest BCUT2D eigenvalue weighted by Gasteiger charge is 2.31. The lowest BCUT2D eigenvalue weighted by Crippen LogP contribution is -2.37. The van der Waals surface area contributed by atoms with Gasteiger partial charge in [0.1, 0.15) is 12.4 Å². The maximum absolute atomic E-state index is 12.5. The average Bonchev–Trinajstić information content (AvgIpc) is 2.37. The molecule has 0 bridgehead atoms. The van der Waals surface area contributed by atoms with E-state index in [-0.39, 0.29) is 30.2 Å². The van der Waals surface area contributed by atoms with E-state index in [1.165, 1.54) is 0 Å². The standard InChI is InChI=1S/C12H16F3N3O3/c1-2-21-11(20)8-5-10(17-6-9(8)16)18(3-4-19)7-12(13,14)15/h5-6,19H,2-4,7,16H2,1H3. The van der Waals surface area contributed by atoms with Crippen molar-refractivity contribution in [2.24, 2.45) is 0 Å². The Balaban J connectivity index is 3.09. The number of nitrogens with zero attached hydrogens (tertiary/aromatic N) is 2. The number of aliphatic hydroxyl groups excluding tert-OH is 1. The molecule has 118 valence electrons. The molecule has 9 heteroatoms. The van der Waals surface area contributed by atoms with Crippen molar-refractivity contribution in [2.45, 2.75) is 13.1 Å². The Morgan fingerprint density at radius 1 is 1.52 bits per heavy atom. The summed E-state index contributed by atoms with van der Waals surface area (Å²) in [6, 6.07) is 1.12. The molecule has 0 unspecified atom stereocenters. The molecule has 0 aromatic carbocycles. The molecule has 1 rings (SSSR count). The molecule has 0 aliphatic carbocycles. The molecular formula is C12H16F3N3O3. The van der Waals surface area contributed by atoms with Gasteiger partial charge in [0.2, 0.25) is 0 Å². The predicted molar refractivity (Wildman–Crippen MR) is 70.0 cm³/mol. The third-order valence-corrected chi connectivity index (χ3v) is 2.48. The van der Waals surface area contributed by atoms with Gasteiger partial charge in [0, 0.05) is 6.54 Å². The highest BCUT2D eigenvalue weighted by Crippen LogP contribution is 2.23. The van der Waals surface area contributed by atoms with E-state index in [0.29, 0.717) is 0 Å². The predicted octanol–water partition coefficient (Wildman–Crippen LogP) is 1.20. The van der Waals surface area contributed by atoms with Gasteiger partial charge >= 0.3 is 12.1 Å². The first kappa shape index (κ1) is 17.0. The molecule has 0 radical (unpaired) electrons. The summed E-state index contributed by atoms with van der Waals surface area (Å²) in [7, 11) is 0. The van der Waals surface area contributed by atoms with Gasteiger partial charge < -0.3 is 20.5 Å². The average molecular weight is 307 g/mol. The highest BCUT2D eigenvalue weighted by atomic mass is 19.4. The number of hydrogen-bond donors (Lipinski definition) is 2. The summed E-state index contributed by atoms with van der Waals surface area (Å²) >= 11 is 0. The number of halogens is 3. The summed E-state index contributed by atoms with van der Waals surface area (Å²) in [4.78, 5) is 16.2. The topological polar surface area (TPSA) is 88.7 Å². The molecule has 6 nitrogen and oxygen atoms in total. The summed E-state index contributed by atoms with van der Waals surface area (Å²) < 4.78 is 42.3. The number of aliphatic hydroxyl groups is 1. The normalized spacial score (nSPS) is 11.3. The van der Waals surface area contributed by atoms with E-state index in [0.717, 1.165) is 17.2 Å². The van der Waals surface area contributed by atoms with Gasteiger partial charge in [-0.05, 0) is 13.0 Å². The maximum Gasteiger partial charge on any atom is 0.405 e. The summed E-state index contributed by atoms with van der Waals surface area (Å²) in [5.74, 6) is -0.853. The zero-order chi connectivity index (χ0) is 16.0. The molecule has 21 heavy (non-hydrogen) atoms. The zero-order valence-corrected chi connectivity index (χ0v) is 11.4. The van der Waals surface area contributed by atoms with Crippen LogP contribution in [0.2, 0.25) is 0 Å². The summed E-state index contributed by atoms with van der Waals surface area (Å²) in [6.45, 7) is -0.362. The monoisotopic (exact) mass is 307 g/mol. The van der Waals surface area contributed by atoms with E-state index in [4.69, 9.17) is 15.6 Å². The number of aromatic nitrogens is 1. The summed E-state index contributed by atoms with van der Waals surface area (Å²) in [5.41, 5.74) is 5.51. The number of ether oxygens (including phenoxy) is 1. The Hall–Kier alpha value is -2.03. The van der Waals surface area contributed by atoms with Gasteiger partial charge in [0.25, 0.3) is 0 Å². The van der Waals surface area contributed by atoms with Crippen LogP contribution in [0, 0.1) is 0 Å². The number of anilines is 2. The third kappa shape index (κ3) is 5.10. The van der Waals surface area contributed by atoms with Crippen LogP contribution in [0.4, 0.5) is 24.7 Å². The first-order valence-corrected chi connectivity index (χ1v) is 6.13. The molecular weight excluding hydrogens is 291 g/mol. The quantitative estimate of drug-likeness (QED) is 0.768. The molecule has 0 saturated carbocycles. The number of alkyl halides is 3. The number of carbonyl (C=O) groups excluding carboxylic acids is 1. The number of esters is 1. The molecule has 1 aromatic heterocycles. The molecule has 0 saturated heterocycles. The van der Waals surface area contributed by atoms with Gasteiger partial charge in [0.15, 0.2) is 0 Å². The van der Waals surface area contributed by atoms with Crippen LogP contribution in [0.5, 0.6) is 0 Å². The second-order valence-corrected chi connectivity index (χ2v) is 4.11. The Bertz CT molecular complexity index is 494. The minimum atomic E-state index is -4.47. The Morgan fingerprint density at radius 3 is 2.71 bits per heavy atom. The lowest BCUT2D eigenvalue weighted by atomic mass is 10.2. The molecule has 0 amide bonds. The number of carbonyl (C=O) groups is 1. The van der Waals surface area contributed by atoms with Crippen LogP contribution < -0.4 is 10.6 Å². The van der Waals surface area contributed by atoms with Crippen molar-refractivity contribution in [2.75, 3.05) is 36.9 Å². The van der Waals surface area contributed by atoms with Crippen molar-refractivity contribution in [1.29, 1.82) is 0 Å². The number of pyridine rings is 1. The minimum absolute atomic E-state index is 0.00755. The summed E-state index contributed by atoms with van der Waals surface area (Å²) in [5, 5.41) is 8.86. The zero-order valence-electron chi connectivity index (χ0n) is 11.4. The maximum atomic E-state index is 12.5. The Kier molecular flexibility index (Phi) is 5.77. The van der Waals surface area contributed by atoms with E-state index >= 15 is 0 Å². The fraction of sp³-hybridized carbons (Fsp3) is 0.500. The minimum Gasteiger partial charge on any atom is -0.462 e. The fourth-order valence-corrected chi connectivity index (χ4v) is 1.63. The molecule has 0 fully saturated rings. The van der Waals surface area contributed by atoms with Gasteiger partial charge in [0.05, 0.1) is 30.7 Å².